The normalized spacial score (nSPS) is 22.2. The number of aromatic carboxylic acids is 1. The number of nitrogens with one attached hydrogen (secondary N) is 1. The summed E-state index contributed by atoms with van der Waals surface area (Å²) in [6.07, 6.45) is 1.77. The molecule has 1 aromatic carbocycles. The number of carboxylic acids is 1. The lowest BCUT2D eigenvalue weighted by atomic mass is 10.2. The van der Waals surface area contributed by atoms with Crippen LogP contribution in [0.4, 0.5) is 0 Å². The van der Waals surface area contributed by atoms with Gasteiger partial charge in [0.05, 0.1) is 10.5 Å². The van der Waals surface area contributed by atoms with E-state index in [1.807, 2.05) is 6.92 Å². The number of sulfonamides is 1. The van der Waals surface area contributed by atoms with E-state index in [0.717, 1.165) is 18.9 Å². The summed E-state index contributed by atoms with van der Waals surface area (Å²) in [7, 11) is -3.69. The monoisotopic (exact) mass is 347 g/mol. The van der Waals surface area contributed by atoms with Gasteiger partial charge in [0.25, 0.3) is 0 Å². The Morgan fingerprint density at radius 2 is 2.21 bits per heavy atom. The van der Waals surface area contributed by atoms with E-state index in [0.29, 0.717) is 10.4 Å². The smallest absolute Gasteiger partial charge is 0.335 e. The largest absolute Gasteiger partial charge is 0.478 e. The Morgan fingerprint density at radius 1 is 1.53 bits per heavy atom. The molecule has 1 saturated carbocycles. The van der Waals surface area contributed by atoms with E-state index in [4.69, 9.17) is 5.11 Å². The van der Waals surface area contributed by atoms with Crippen LogP contribution in [-0.2, 0) is 10.0 Å². The highest BCUT2D eigenvalue weighted by Crippen LogP contribution is 2.35. The molecule has 0 heterocycles. The fourth-order valence-electron chi connectivity index (χ4n) is 1.95. The second kappa shape index (κ2) is 5.22. The molecule has 7 heteroatoms. The highest BCUT2D eigenvalue weighted by atomic mass is 79.9. The minimum Gasteiger partial charge on any atom is -0.478 e. The summed E-state index contributed by atoms with van der Waals surface area (Å²) in [5, 5.41) is 8.91. The van der Waals surface area contributed by atoms with Gasteiger partial charge in [0, 0.05) is 10.5 Å². The van der Waals surface area contributed by atoms with Crippen molar-refractivity contribution in [2.24, 2.45) is 5.92 Å². The maximum Gasteiger partial charge on any atom is 0.335 e. The molecule has 0 spiro atoms. The van der Waals surface area contributed by atoms with Crippen LogP contribution in [0.1, 0.15) is 30.1 Å². The highest BCUT2D eigenvalue weighted by Gasteiger charge is 2.39. The number of rotatable bonds is 5. The van der Waals surface area contributed by atoms with Crippen LogP contribution >= 0.6 is 15.9 Å². The molecule has 1 aromatic rings. The SMILES string of the molecule is CCC1CC1NS(=O)(=O)c1cc(C(=O)O)ccc1Br. The molecule has 1 fully saturated rings. The van der Waals surface area contributed by atoms with E-state index in [1.54, 1.807) is 0 Å². The number of hydrogen-bond donors (Lipinski definition) is 2. The summed E-state index contributed by atoms with van der Waals surface area (Å²) in [5.74, 6) is -0.766. The summed E-state index contributed by atoms with van der Waals surface area (Å²) >= 11 is 3.15. The van der Waals surface area contributed by atoms with Gasteiger partial charge < -0.3 is 5.11 Å². The molecule has 0 radical (unpaired) electrons. The molecule has 0 bridgehead atoms. The third kappa shape index (κ3) is 3.16. The Balaban J connectivity index is 2.29. The average Bonchev–Trinajstić information content (AvgIpc) is 3.06. The van der Waals surface area contributed by atoms with Crippen molar-refractivity contribution in [1.29, 1.82) is 0 Å². The van der Waals surface area contributed by atoms with Gasteiger partial charge in [0.2, 0.25) is 10.0 Å². The van der Waals surface area contributed by atoms with Gasteiger partial charge in [0.15, 0.2) is 0 Å². The first-order chi connectivity index (χ1) is 8.85. The molecule has 0 aromatic heterocycles. The van der Waals surface area contributed by atoms with Gasteiger partial charge in [-0.05, 0) is 46.5 Å². The summed E-state index contributed by atoms with van der Waals surface area (Å²) in [6, 6.07) is 3.92. The van der Waals surface area contributed by atoms with Crippen molar-refractivity contribution in [2.45, 2.75) is 30.7 Å². The molecule has 2 unspecified atom stereocenters. The number of carboxylic acid groups (broad SMARTS) is 1. The number of hydrogen-bond acceptors (Lipinski definition) is 3. The van der Waals surface area contributed by atoms with Crippen molar-refractivity contribution >= 4 is 31.9 Å². The van der Waals surface area contributed by atoms with Crippen LogP contribution in [0.15, 0.2) is 27.6 Å². The van der Waals surface area contributed by atoms with Gasteiger partial charge in [-0.3, -0.25) is 0 Å². The lowest BCUT2D eigenvalue weighted by molar-refractivity contribution is 0.0696. The maximum absolute atomic E-state index is 12.2. The molecule has 0 aliphatic heterocycles. The Morgan fingerprint density at radius 3 is 2.74 bits per heavy atom. The van der Waals surface area contributed by atoms with Crippen LogP contribution in [0.2, 0.25) is 0 Å². The van der Waals surface area contributed by atoms with Crippen LogP contribution in [0, 0.1) is 5.92 Å². The summed E-state index contributed by atoms with van der Waals surface area (Å²) in [6.45, 7) is 2.01. The first kappa shape index (κ1) is 14.5. The molecule has 104 valence electrons. The van der Waals surface area contributed by atoms with Crippen molar-refractivity contribution < 1.29 is 18.3 Å². The molecule has 19 heavy (non-hydrogen) atoms. The molecule has 0 amide bonds. The van der Waals surface area contributed by atoms with E-state index in [2.05, 4.69) is 20.7 Å². The molecular formula is C12H14BrNO4S. The van der Waals surface area contributed by atoms with Crippen LogP contribution < -0.4 is 4.72 Å². The highest BCUT2D eigenvalue weighted by molar-refractivity contribution is 9.10. The number of halogens is 1. The maximum atomic E-state index is 12.2. The summed E-state index contributed by atoms with van der Waals surface area (Å²) in [4.78, 5) is 10.9. The predicted molar refractivity (Wildman–Crippen MR) is 73.6 cm³/mol. The predicted octanol–water partition coefficient (Wildman–Crippen LogP) is 2.22. The summed E-state index contributed by atoms with van der Waals surface area (Å²) < 4.78 is 27.4. The number of carbonyl (C=O) groups is 1. The Labute approximate surface area is 120 Å². The third-order valence-corrected chi connectivity index (χ3v) is 5.70. The quantitative estimate of drug-likeness (QED) is 0.855. The van der Waals surface area contributed by atoms with Crippen LogP contribution in [0.3, 0.4) is 0 Å². The Hall–Kier alpha value is -0.920. The molecular weight excluding hydrogens is 334 g/mol. The van der Waals surface area contributed by atoms with Crippen LogP contribution in [-0.4, -0.2) is 25.5 Å². The zero-order valence-corrected chi connectivity index (χ0v) is 12.7. The zero-order valence-electron chi connectivity index (χ0n) is 10.3. The molecule has 5 nitrogen and oxygen atoms in total. The summed E-state index contributed by atoms with van der Waals surface area (Å²) in [5.41, 5.74) is -0.0496. The fourth-order valence-corrected chi connectivity index (χ4v) is 4.26. The molecule has 2 rings (SSSR count). The Bertz CT molecular complexity index is 614. The molecule has 2 atom stereocenters. The van der Waals surface area contributed by atoms with E-state index >= 15 is 0 Å². The van der Waals surface area contributed by atoms with Gasteiger partial charge in [-0.25, -0.2) is 17.9 Å². The minimum atomic E-state index is -3.69. The van der Waals surface area contributed by atoms with Gasteiger partial charge in [-0.1, -0.05) is 13.3 Å². The molecule has 1 aliphatic rings. The van der Waals surface area contributed by atoms with Crippen molar-refractivity contribution in [3.8, 4) is 0 Å². The molecule has 0 saturated heterocycles. The first-order valence-corrected chi connectivity index (χ1v) is 8.18. The average molecular weight is 348 g/mol. The van der Waals surface area contributed by atoms with Gasteiger partial charge in [-0.15, -0.1) is 0 Å². The fraction of sp³-hybridized carbons (Fsp3) is 0.417. The van der Waals surface area contributed by atoms with Gasteiger partial charge in [-0.2, -0.15) is 0 Å². The zero-order chi connectivity index (χ0) is 14.2. The van der Waals surface area contributed by atoms with Crippen LogP contribution in [0.5, 0.6) is 0 Å². The van der Waals surface area contributed by atoms with Crippen molar-refractivity contribution in [3.63, 3.8) is 0 Å². The number of benzene rings is 1. The molecule has 1 aliphatic carbocycles. The van der Waals surface area contributed by atoms with Gasteiger partial charge >= 0.3 is 5.97 Å². The second-order valence-electron chi connectivity index (χ2n) is 4.58. The van der Waals surface area contributed by atoms with Crippen molar-refractivity contribution in [1.82, 2.24) is 4.72 Å². The molecule has 2 N–H and O–H groups in total. The van der Waals surface area contributed by atoms with Crippen molar-refractivity contribution in [2.75, 3.05) is 0 Å². The van der Waals surface area contributed by atoms with E-state index in [-0.39, 0.29) is 16.5 Å². The lowest BCUT2D eigenvalue weighted by Crippen LogP contribution is -2.27. The second-order valence-corrected chi connectivity index (χ2v) is 7.12. The Kier molecular flexibility index (Phi) is 3.98. The minimum absolute atomic E-state index is 0.0321. The topological polar surface area (TPSA) is 83.5 Å². The van der Waals surface area contributed by atoms with E-state index in [1.165, 1.54) is 12.1 Å². The third-order valence-electron chi connectivity index (χ3n) is 3.22. The van der Waals surface area contributed by atoms with Crippen LogP contribution in [0.25, 0.3) is 0 Å². The lowest BCUT2D eigenvalue weighted by Gasteiger charge is -2.09. The van der Waals surface area contributed by atoms with Crippen molar-refractivity contribution in [3.05, 3.63) is 28.2 Å². The van der Waals surface area contributed by atoms with E-state index in [9.17, 15) is 13.2 Å². The van der Waals surface area contributed by atoms with E-state index < -0.39 is 16.0 Å². The first-order valence-electron chi connectivity index (χ1n) is 5.90. The van der Waals surface area contributed by atoms with Gasteiger partial charge in [0.1, 0.15) is 0 Å². The standard InChI is InChI=1S/C12H14BrNO4S/c1-2-7-5-10(7)14-19(17,18)11-6-8(12(15)16)3-4-9(11)13/h3-4,6-7,10,14H,2,5H2,1H3,(H,15,16).